The van der Waals surface area contributed by atoms with Crippen molar-refractivity contribution < 1.29 is 4.74 Å². The van der Waals surface area contributed by atoms with Gasteiger partial charge in [0.2, 0.25) is 11.9 Å². The molecule has 3 N–H and O–H groups in total. The molecule has 2 atom stereocenters. The van der Waals surface area contributed by atoms with Crippen molar-refractivity contribution in [1.29, 1.82) is 0 Å². The van der Waals surface area contributed by atoms with Crippen molar-refractivity contribution >= 4 is 23.5 Å². The molecule has 0 aliphatic carbocycles. The first-order valence-corrected chi connectivity index (χ1v) is 10.8. The van der Waals surface area contributed by atoms with Crippen molar-refractivity contribution in [2.45, 2.75) is 63.8 Å². The number of piperidine rings is 1. The molecule has 4 rings (SSSR count). The minimum Gasteiger partial charge on any atom is -0.370 e. The molecule has 2 fully saturated rings. The summed E-state index contributed by atoms with van der Waals surface area (Å²) in [5.41, 5.74) is 6.77. The van der Waals surface area contributed by atoms with E-state index in [0.717, 1.165) is 49.9 Å². The number of nitrogens with two attached hydrogens (primary N) is 1. The average Bonchev–Trinajstić information content (AvgIpc) is 3.11. The van der Waals surface area contributed by atoms with E-state index in [-0.39, 0.29) is 11.7 Å². The predicted octanol–water partition coefficient (Wildman–Crippen LogP) is 3.12. The molecular formula is C21H31ClN6O. The number of H-pyrrole nitrogens is 1. The first-order chi connectivity index (χ1) is 13.8. The van der Waals surface area contributed by atoms with E-state index in [4.69, 9.17) is 22.1 Å². The molecule has 0 bridgehead atoms. The Kier molecular flexibility index (Phi) is 5.73. The van der Waals surface area contributed by atoms with Crippen LogP contribution in [0.2, 0.25) is 5.02 Å². The van der Waals surface area contributed by atoms with Crippen LogP contribution in [-0.2, 0) is 11.2 Å². The number of morpholine rings is 1. The molecule has 29 heavy (non-hydrogen) atoms. The number of anilines is 2. The van der Waals surface area contributed by atoms with Crippen molar-refractivity contribution in [3.63, 3.8) is 0 Å². The van der Waals surface area contributed by atoms with Gasteiger partial charge in [-0.05, 0) is 57.7 Å². The van der Waals surface area contributed by atoms with E-state index in [0.29, 0.717) is 18.0 Å². The van der Waals surface area contributed by atoms with Gasteiger partial charge in [0.1, 0.15) is 0 Å². The smallest absolute Gasteiger partial charge is 0.226 e. The number of hydrogen-bond acceptors (Lipinski definition) is 6. The van der Waals surface area contributed by atoms with Gasteiger partial charge in [-0.15, -0.1) is 10.2 Å². The molecule has 158 valence electrons. The maximum absolute atomic E-state index is 6.38. The van der Waals surface area contributed by atoms with Crippen molar-refractivity contribution in [2.24, 2.45) is 0 Å². The number of aromatic nitrogens is 3. The normalized spacial score (nSPS) is 26.0. The second kappa shape index (κ2) is 8.13. The molecule has 0 amide bonds. The lowest BCUT2D eigenvalue weighted by molar-refractivity contribution is -0.175. The molecule has 2 aliphatic heterocycles. The highest BCUT2D eigenvalue weighted by Gasteiger charge is 2.44. The van der Waals surface area contributed by atoms with E-state index in [1.807, 2.05) is 12.1 Å². The number of nitrogen functional groups attached to an aromatic ring is 1. The zero-order valence-electron chi connectivity index (χ0n) is 17.4. The van der Waals surface area contributed by atoms with Crippen LogP contribution in [0.1, 0.15) is 39.2 Å². The van der Waals surface area contributed by atoms with Crippen LogP contribution in [0, 0.1) is 0 Å². The van der Waals surface area contributed by atoms with Crippen LogP contribution in [0.15, 0.2) is 24.3 Å². The molecule has 0 saturated carbocycles. The maximum atomic E-state index is 6.38. The number of nitrogens with one attached hydrogen (secondary N) is 1. The second-order valence-corrected chi connectivity index (χ2v) is 9.26. The summed E-state index contributed by atoms with van der Waals surface area (Å²) in [6, 6.07) is 9.05. The summed E-state index contributed by atoms with van der Waals surface area (Å²) in [4.78, 5) is 7.97. The molecule has 1 aromatic carbocycles. The third-order valence-electron chi connectivity index (χ3n) is 6.24. The fourth-order valence-corrected chi connectivity index (χ4v) is 5.01. The summed E-state index contributed by atoms with van der Waals surface area (Å²) < 4.78 is 6.38. The Morgan fingerprint density at radius 2 is 1.90 bits per heavy atom. The number of rotatable bonds is 4. The molecule has 2 aliphatic rings. The maximum Gasteiger partial charge on any atom is 0.226 e. The predicted molar refractivity (Wildman–Crippen MR) is 116 cm³/mol. The lowest BCUT2D eigenvalue weighted by Gasteiger charge is -2.53. The van der Waals surface area contributed by atoms with Gasteiger partial charge >= 0.3 is 0 Å². The van der Waals surface area contributed by atoms with E-state index in [2.05, 4.69) is 57.9 Å². The van der Waals surface area contributed by atoms with Crippen LogP contribution in [0.4, 0.5) is 11.9 Å². The monoisotopic (exact) mass is 418 g/mol. The minimum absolute atomic E-state index is 0.214. The standard InChI is InChI=1S/C21H31ClN6O/c1-14-13-28(17-8-10-27(11-9-17)20-24-19(23)25-26-20)18(21(2,3)29-14)12-15-4-6-16(22)7-5-15/h4-7,14,17-18H,8-13H2,1-3H3,(H3,23,24,25,26). The summed E-state index contributed by atoms with van der Waals surface area (Å²) in [6.07, 6.45) is 3.34. The van der Waals surface area contributed by atoms with Crippen LogP contribution >= 0.6 is 11.6 Å². The van der Waals surface area contributed by atoms with Crippen molar-refractivity contribution in [3.05, 3.63) is 34.9 Å². The van der Waals surface area contributed by atoms with Gasteiger partial charge in [-0.3, -0.25) is 9.88 Å². The van der Waals surface area contributed by atoms with Gasteiger partial charge in [0.15, 0.2) is 0 Å². The van der Waals surface area contributed by atoms with Crippen LogP contribution in [-0.4, -0.2) is 63.5 Å². The number of halogens is 1. The van der Waals surface area contributed by atoms with Crippen LogP contribution < -0.4 is 10.6 Å². The van der Waals surface area contributed by atoms with Crippen LogP contribution in [0.3, 0.4) is 0 Å². The summed E-state index contributed by atoms with van der Waals surface area (Å²) in [5, 5.41) is 8.81. The van der Waals surface area contributed by atoms with E-state index >= 15 is 0 Å². The van der Waals surface area contributed by atoms with E-state index in [1.165, 1.54) is 5.56 Å². The number of benzene rings is 1. The van der Waals surface area contributed by atoms with E-state index in [9.17, 15) is 0 Å². The number of aromatic amines is 1. The van der Waals surface area contributed by atoms with Crippen molar-refractivity contribution in [1.82, 2.24) is 20.1 Å². The highest BCUT2D eigenvalue weighted by atomic mass is 35.5. The molecular weight excluding hydrogens is 388 g/mol. The highest BCUT2D eigenvalue weighted by Crippen LogP contribution is 2.34. The number of nitrogens with zero attached hydrogens (tertiary/aromatic N) is 4. The van der Waals surface area contributed by atoms with Gasteiger partial charge in [-0.2, -0.15) is 0 Å². The lowest BCUT2D eigenvalue weighted by Crippen LogP contribution is -2.64. The third-order valence-corrected chi connectivity index (χ3v) is 6.50. The van der Waals surface area contributed by atoms with Gasteiger partial charge in [-0.1, -0.05) is 23.7 Å². The minimum atomic E-state index is -0.214. The van der Waals surface area contributed by atoms with E-state index in [1.54, 1.807) is 0 Å². The van der Waals surface area contributed by atoms with E-state index < -0.39 is 0 Å². The number of ether oxygens (including phenoxy) is 1. The summed E-state index contributed by atoms with van der Waals surface area (Å²) >= 11 is 6.09. The zero-order chi connectivity index (χ0) is 20.6. The molecule has 0 radical (unpaired) electrons. The summed E-state index contributed by atoms with van der Waals surface area (Å²) in [5.74, 6) is 1.14. The third kappa shape index (κ3) is 4.52. The Labute approximate surface area is 177 Å². The topological polar surface area (TPSA) is 83.3 Å². The Hall–Kier alpha value is -1.83. The zero-order valence-corrected chi connectivity index (χ0v) is 18.2. The lowest BCUT2D eigenvalue weighted by atomic mass is 9.86. The molecule has 2 aromatic rings. The fourth-order valence-electron chi connectivity index (χ4n) is 4.89. The van der Waals surface area contributed by atoms with Crippen LogP contribution in [0.25, 0.3) is 0 Å². The van der Waals surface area contributed by atoms with Gasteiger partial charge in [0.25, 0.3) is 0 Å². The summed E-state index contributed by atoms with van der Waals surface area (Å²) in [6.45, 7) is 9.48. The second-order valence-electron chi connectivity index (χ2n) is 8.83. The molecule has 0 spiro atoms. The molecule has 2 unspecified atom stereocenters. The van der Waals surface area contributed by atoms with Crippen LogP contribution in [0.5, 0.6) is 0 Å². The first kappa shape index (κ1) is 20.4. The Bertz CT molecular complexity index is 815. The molecule has 8 heteroatoms. The van der Waals surface area contributed by atoms with Crippen molar-refractivity contribution in [3.8, 4) is 0 Å². The van der Waals surface area contributed by atoms with Gasteiger partial charge in [-0.25, -0.2) is 0 Å². The van der Waals surface area contributed by atoms with Gasteiger partial charge < -0.3 is 15.4 Å². The van der Waals surface area contributed by atoms with Crippen molar-refractivity contribution in [2.75, 3.05) is 30.3 Å². The molecule has 3 heterocycles. The molecule has 7 nitrogen and oxygen atoms in total. The fraction of sp³-hybridized carbons (Fsp3) is 0.619. The Morgan fingerprint density at radius 1 is 1.21 bits per heavy atom. The molecule has 1 aromatic heterocycles. The average molecular weight is 419 g/mol. The SMILES string of the molecule is CC1CN(C2CCN(c3nnc(N)[nH]3)CC2)C(Cc2ccc(Cl)cc2)C(C)(C)O1. The highest BCUT2D eigenvalue weighted by molar-refractivity contribution is 6.30. The summed E-state index contributed by atoms with van der Waals surface area (Å²) in [7, 11) is 0. The Balaban J connectivity index is 1.49. The van der Waals surface area contributed by atoms with Gasteiger partial charge in [0.05, 0.1) is 11.7 Å². The first-order valence-electron chi connectivity index (χ1n) is 10.4. The largest absolute Gasteiger partial charge is 0.370 e. The Morgan fingerprint density at radius 3 is 2.52 bits per heavy atom. The molecule has 2 saturated heterocycles. The van der Waals surface area contributed by atoms with Gasteiger partial charge in [0, 0.05) is 36.7 Å². The quantitative estimate of drug-likeness (QED) is 0.793. The number of hydrogen-bond donors (Lipinski definition) is 2.